The van der Waals surface area contributed by atoms with Crippen molar-refractivity contribution in [1.29, 1.82) is 0 Å². The first-order chi connectivity index (χ1) is 19.0. The van der Waals surface area contributed by atoms with Gasteiger partial charge in [0.05, 0.1) is 17.6 Å². The quantitative estimate of drug-likeness (QED) is 0.258. The number of rotatable bonds is 6. The monoisotopic (exact) mass is 525 g/mol. The average molecular weight is 526 g/mol. The van der Waals surface area contributed by atoms with Gasteiger partial charge < -0.3 is 9.30 Å². The summed E-state index contributed by atoms with van der Waals surface area (Å²) in [6.45, 7) is 10.4. The third-order valence-electron chi connectivity index (χ3n) is 8.32. The van der Waals surface area contributed by atoms with Crippen LogP contribution < -0.4 is 5.56 Å². The van der Waals surface area contributed by atoms with Crippen LogP contribution in [0.15, 0.2) is 65.5 Å². The van der Waals surface area contributed by atoms with Crippen LogP contribution in [0.5, 0.6) is 0 Å². The van der Waals surface area contributed by atoms with Crippen LogP contribution in [0, 0.1) is 0 Å². The molecule has 2 heterocycles. The molecule has 4 unspecified atom stereocenters. The van der Waals surface area contributed by atoms with Crippen LogP contribution in [0.3, 0.4) is 0 Å². The molecule has 0 spiro atoms. The fourth-order valence-electron chi connectivity index (χ4n) is 6.80. The van der Waals surface area contributed by atoms with Crippen molar-refractivity contribution in [3.63, 3.8) is 0 Å². The van der Waals surface area contributed by atoms with Gasteiger partial charge in [0, 0.05) is 24.2 Å². The minimum absolute atomic E-state index is 0.106. The molecule has 204 valence electrons. The Labute approximate surface area is 230 Å². The van der Waals surface area contributed by atoms with E-state index in [1.165, 1.54) is 21.9 Å². The lowest BCUT2D eigenvalue weighted by molar-refractivity contribution is 0.0516. The Morgan fingerprint density at radius 3 is 2.56 bits per heavy atom. The largest absolute Gasteiger partial charge is 0.461 e. The van der Waals surface area contributed by atoms with Gasteiger partial charge in [-0.05, 0) is 80.5 Å². The van der Waals surface area contributed by atoms with Gasteiger partial charge in [-0.2, -0.15) is 0 Å². The van der Waals surface area contributed by atoms with Crippen LogP contribution in [0.1, 0.15) is 87.6 Å². The van der Waals surface area contributed by atoms with Crippen molar-refractivity contribution < 1.29 is 9.53 Å². The smallest absolute Gasteiger partial charge is 0.362 e. The van der Waals surface area contributed by atoms with Crippen molar-refractivity contribution in [2.75, 3.05) is 6.61 Å². The Bertz CT molecular complexity index is 1550. The van der Waals surface area contributed by atoms with Crippen LogP contribution >= 0.6 is 0 Å². The molecule has 0 radical (unpaired) electrons. The van der Waals surface area contributed by atoms with Crippen molar-refractivity contribution in [2.45, 2.75) is 84.5 Å². The average Bonchev–Trinajstić information content (AvgIpc) is 3.50. The number of carbonyl (C=O) groups excluding carboxylic acids is 1. The lowest BCUT2D eigenvalue weighted by Gasteiger charge is -2.36. The molecule has 1 aliphatic heterocycles. The number of likely N-dealkylation sites (tertiary alicyclic amines) is 1. The first-order valence-corrected chi connectivity index (χ1v) is 14.4. The van der Waals surface area contributed by atoms with Gasteiger partial charge in [0.1, 0.15) is 0 Å². The summed E-state index contributed by atoms with van der Waals surface area (Å²) in [6.07, 6.45) is 4.08. The van der Waals surface area contributed by atoms with Crippen molar-refractivity contribution in [2.24, 2.45) is 0 Å². The normalized spacial score (nSPS) is 21.1. The molecule has 6 nitrogen and oxygen atoms in total. The highest BCUT2D eigenvalue weighted by atomic mass is 16.5. The maximum absolute atomic E-state index is 13.6. The molecule has 6 rings (SSSR count). The van der Waals surface area contributed by atoms with Crippen molar-refractivity contribution in [1.82, 2.24) is 14.5 Å². The summed E-state index contributed by atoms with van der Waals surface area (Å²) in [4.78, 5) is 33.3. The van der Waals surface area contributed by atoms with E-state index in [9.17, 15) is 9.59 Å². The summed E-state index contributed by atoms with van der Waals surface area (Å²) in [5.74, 6) is -0.660. The van der Waals surface area contributed by atoms with E-state index in [1.807, 2.05) is 38.1 Å². The number of aromatic nitrogens is 2. The van der Waals surface area contributed by atoms with Gasteiger partial charge in [0.2, 0.25) is 5.69 Å². The minimum atomic E-state index is -0.660. The fourth-order valence-corrected chi connectivity index (χ4v) is 6.80. The lowest BCUT2D eigenvalue weighted by Crippen LogP contribution is -2.40. The summed E-state index contributed by atoms with van der Waals surface area (Å²) in [5, 5.41) is 2.73. The molecular formula is C33H39N3O3. The second kappa shape index (κ2) is 11.3. The van der Waals surface area contributed by atoms with E-state index >= 15 is 0 Å². The summed E-state index contributed by atoms with van der Waals surface area (Å²) in [5.41, 5.74) is 3.73. The second-order valence-electron chi connectivity index (χ2n) is 10.5. The van der Waals surface area contributed by atoms with E-state index in [-0.39, 0.29) is 23.9 Å². The van der Waals surface area contributed by atoms with Gasteiger partial charge >= 0.3 is 5.97 Å². The van der Waals surface area contributed by atoms with Crippen LogP contribution in [0.2, 0.25) is 0 Å². The van der Waals surface area contributed by atoms with Gasteiger partial charge in [-0.25, -0.2) is 9.78 Å². The van der Waals surface area contributed by atoms with E-state index in [2.05, 4.69) is 60.1 Å². The maximum Gasteiger partial charge on any atom is 0.362 e. The van der Waals surface area contributed by atoms with E-state index in [0.29, 0.717) is 23.6 Å². The second-order valence-corrected chi connectivity index (χ2v) is 10.5. The third kappa shape index (κ3) is 4.76. The topological polar surface area (TPSA) is 64.4 Å². The Morgan fingerprint density at radius 2 is 1.79 bits per heavy atom. The highest BCUT2D eigenvalue weighted by molar-refractivity contribution is 5.91. The van der Waals surface area contributed by atoms with E-state index in [0.717, 1.165) is 31.2 Å². The number of hydrogen-bond acceptors (Lipinski definition) is 5. The van der Waals surface area contributed by atoms with Gasteiger partial charge in [0.15, 0.2) is 0 Å². The van der Waals surface area contributed by atoms with Gasteiger partial charge in [-0.1, -0.05) is 62.4 Å². The molecule has 2 aliphatic rings. The zero-order valence-corrected chi connectivity index (χ0v) is 23.7. The highest BCUT2D eigenvalue weighted by Crippen LogP contribution is 2.45. The number of hydrogen-bond donors (Lipinski definition) is 0. The van der Waals surface area contributed by atoms with Crippen LogP contribution in [-0.4, -0.2) is 39.1 Å². The molecule has 4 aromatic rings. The summed E-state index contributed by atoms with van der Waals surface area (Å²) in [7, 11) is 0. The molecule has 3 aromatic carbocycles. The van der Waals surface area contributed by atoms with Crippen LogP contribution in [0.25, 0.3) is 21.8 Å². The molecule has 1 aromatic heterocycles. The predicted molar refractivity (Wildman–Crippen MR) is 157 cm³/mol. The lowest BCUT2D eigenvalue weighted by atomic mass is 10.0. The highest BCUT2D eigenvalue weighted by Gasteiger charge is 2.40. The van der Waals surface area contributed by atoms with Gasteiger partial charge in [0.25, 0.3) is 5.56 Å². The number of fused-ring (bicyclic) bond motifs is 1. The van der Waals surface area contributed by atoms with E-state index < -0.39 is 5.97 Å². The van der Waals surface area contributed by atoms with Gasteiger partial charge in [-0.3, -0.25) is 9.69 Å². The number of esters is 1. The SMILES string of the molecule is CC.CCOC(=O)c1nc2ccccc2n(C(C)CC2CCC(C)N2C2Cc3cccc4cccc2c34)c1=O. The molecule has 0 N–H and O–H groups in total. The van der Waals surface area contributed by atoms with E-state index in [4.69, 9.17) is 4.74 Å². The summed E-state index contributed by atoms with van der Waals surface area (Å²) < 4.78 is 6.92. The Kier molecular flexibility index (Phi) is 7.85. The molecule has 1 saturated heterocycles. The van der Waals surface area contributed by atoms with Crippen molar-refractivity contribution >= 4 is 27.8 Å². The Hall–Kier alpha value is -3.51. The predicted octanol–water partition coefficient (Wildman–Crippen LogP) is 6.85. The molecule has 39 heavy (non-hydrogen) atoms. The molecule has 1 aliphatic carbocycles. The first kappa shape index (κ1) is 27.1. The number of ether oxygens (including phenoxy) is 1. The first-order valence-electron chi connectivity index (χ1n) is 14.4. The minimum Gasteiger partial charge on any atom is -0.461 e. The molecule has 1 fully saturated rings. The fraction of sp³-hybridized carbons (Fsp3) is 0.424. The molecule has 0 bridgehead atoms. The van der Waals surface area contributed by atoms with Crippen molar-refractivity contribution in [3.8, 4) is 0 Å². The number of carbonyl (C=O) groups is 1. The molecule has 4 atom stereocenters. The molecular weight excluding hydrogens is 486 g/mol. The Morgan fingerprint density at radius 1 is 1.05 bits per heavy atom. The van der Waals surface area contributed by atoms with Crippen LogP contribution in [0.4, 0.5) is 0 Å². The standard InChI is InChI=1S/C31H33N3O3.C2H6/c1-4-37-31(36)29-30(35)34(26-14-6-5-13-25(26)32-29)20(3)17-23-16-15-19(2)33(23)27-18-22-11-7-9-21-10-8-12-24(27)28(21)22;1-2/h5-14,19-20,23,27H,4,15-18H2,1-3H3;1-2H3. The number of benzene rings is 3. The molecule has 0 saturated carbocycles. The zero-order valence-electron chi connectivity index (χ0n) is 23.7. The number of nitrogens with zero attached hydrogens (tertiary/aromatic N) is 3. The third-order valence-corrected chi connectivity index (χ3v) is 8.32. The number of para-hydroxylation sites is 2. The Balaban J connectivity index is 0.00000151. The summed E-state index contributed by atoms with van der Waals surface area (Å²) >= 11 is 0. The molecule has 0 amide bonds. The molecule has 6 heteroatoms. The zero-order chi connectivity index (χ0) is 27.7. The maximum atomic E-state index is 13.6. The van der Waals surface area contributed by atoms with E-state index in [1.54, 1.807) is 11.5 Å². The van der Waals surface area contributed by atoms with Crippen LogP contribution in [-0.2, 0) is 11.2 Å². The van der Waals surface area contributed by atoms with Gasteiger partial charge in [-0.15, -0.1) is 0 Å². The van der Waals surface area contributed by atoms with Crippen molar-refractivity contribution in [3.05, 3.63) is 87.8 Å². The summed E-state index contributed by atoms with van der Waals surface area (Å²) in [6, 6.07) is 21.9.